The van der Waals surface area contributed by atoms with Crippen LogP contribution in [0.3, 0.4) is 0 Å². The number of ether oxygens (including phenoxy) is 1. The van der Waals surface area contributed by atoms with Crippen LogP contribution < -0.4 is 0 Å². The van der Waals surface area contributed by atoms with Crippen molar-refractivity contribution < 1.29 is 4.74 Å². The number of hydrogen-bond donors (Lipinski definition) is 0. The molecule has 0 bridgehead atoms. The highest BCUT2D eigenvalue weighted by molar-refractivity contribution is 5.04. The average Bonchev–Trinajstić information content (AvgIpc) is 2.52. The SMILES string of the molecule is CCCCCCCCCC(CCC1=CCCCC1)OCC. The van der Waals surface area contributed by atoms with Crippen LogP contribution in [0, 0.1) is 0 Å². The summed E-state index contributed by atoms with van der Waals surface area (Å²) in [6.45, 7) is 5.30. The first-order valence-corrected chi connectivity index (χ1v) is 9.66. The summed E-state index contributed by atoms with van der Waals surface area (Å²) in [5, 5.41) is 0. The molecule has 1 aliphatic rings. The van der Waals surface area contributed by atoms with Crippen LogP contribution >= 0.6 is 0 Å². The van der Waals surface area contributed by atoms with Gasteiger partial charge in [0.1, 0.15) is 0 Å². The minimum atomic E-state index is 0.508. The van der Waals surface area contributed by atoms with E-state index in [1.54, 1.807) is 5.57 Å². The summed E-state index contributed by atoms with van der Waals surface area (Å²) in [5.74, 6) is 0. The second-order valence-corrected chi connectivity index (χ2v) is 6.63. The van der Waals surface area contributed by atoms with Crippen molar-refractivity contribution in [1.82, 2.24) is 0 Å². The lowest BCUT2D eigenvalue weighted by Gasteiger charge is -2.19. The molecule has 1 heteroatoms. The quantitative estimate of drug-likeness (QED) is 0.268. The third-order valence-electron chi connectivity index (χ3n) is 4.70. The topological polar surface area (TPSA) is 9.23 Å². The highest BCUT2D eigenvalue weighted by atomic mass is 16.5. The van der Waals surface area contributed by atoms with E-state index in [0.717, 1.165) is 6.61 Å². The highest BCUT2D eigenvalue weighted by Gasteiger charge is 2.11. The Bertz CT molecular complexity index is 257. The molecule has 0 saturated heterocycles. The molecule has 0 fully saturated rings. The molecule has 0 amide bonds. The van der Waals surface area contributed by atoms with Crippen LogP contribution in [0.5, 0.6) is 0 Å². The van der Waals surface area contributed by atoms with Crippen LogP contribution in [0.1, 0.15) is 104 Å². The number of hydrogen-bond acceptors (Lipinski definition) is 1. The highest BCUT2D eigenvalue weighted by Crippen LogP contribution is 2.24. The Morgan fingerprint density at radius 1 is 0.952 bits per heavy atom. The lowest BCUT2D eigenvalue weighted by atomic mass is 9.94. The fraction of sp³-hybridized carbons (Fsp3) is 0.900. The predicted octanol–water partition coefficient (Wildman–Crippen LogP) is 6.81. The zero-order chi connectivity index (χ0) is 15.2. The molecule has 1 rings (SSSR count). The third kappa shape index (κ3) is 10.1. The van der Waals surface area contributed by atoms with Crippen molar-refractivity contribution in [1.29, 1.82) is 0 Å². The smallest absolute Gasteiger partial charge is 0.0578 e. The molecule has 1 unspecified atom stereocenters. The van der Waals surface area contributed by atoms with Crippen LogP contribution in [0.4, 0.5) is 0 Å². The molecule has 124 valence electrons. The second-order valence-electron chi connectivity index (χ2n) is 6.63. The Morgan fingerprint density at radius 3 is 2.38 bits per heavy atom. The van der Waals surface area contributed by atoms with Crippen LogP contribution in [-0.4, -0.2) is 12.7 Å². The van der Waals surface area contributed by atoms with E-state index in [1.165, 1.54) is 89.9 Å². The maximum Gasteiger partial charge on any atom is 0.0578 e. The summed E-state index contributed by atoms with van der Waals surface area (Å²) in [6.07, 6.45) is 22.1. The van der Waals surface area contributed by atoms with Gasteiger partial charge in [0.05, 0.1) is 6.10 Å². The predicted molar refractivity (Wildman–Crippen MR) is 93.8 cm³/mol. The monoisotopic (exact) mass is 294 g/mol. The van der Waals surface area contributed by atoms with Crippen molar-refractivity contribution >= 4 is 0 Å². The summed E-state index contributed by atoms with van der Waals surface area (Å²) < 4.78 is 5.95. The molecule has 1 aliphatic carbocycles. The summed E-state index contributed by atoms with van der Waals surface area (Å²) in [7, 11) is 0. The lowest BCUT2D eigenvalue weighted by Crippen LogP contribution is -2.13. The van der Waals surface area contributed by atoms with Crippen LogP contribution in [0.25, 0.3) is 0 Å². The summed E-state index contributed by atoms with van der Waals surface area (Å²) in [5.41, 5.74) is 1.70. The van der Waals surface area contributed by atoms with E-state index in [-0.39, 0.29) is 0 Å². The van der Waals surface area contributed by atoms with Gasteiger partial charge in [-0.05, 0) is 51.9 Å². The summed E-state index contributed by atoms with van der Waals surface area (Å²) in [6, 6.07) is 0. The van der Waals surface area contributed by atoms with Crippen molar-refractivity contribution in [2.24, 2.45) is 0 Å². The van der Waals surface area contributed by atoms with Crippen LogP contribution in [0.2, 0.25) is 0 Å². The van der Waals surface area contributed by atoms with Gasteiger partial charge in [0.25, 0.3) is 0 Å². The van der Waals surface area contributed by atoms with Gasteiger partial charge in [-0.3, -0.25) is 0 Å². The average molecular weight is 295 g/mol. The fourth-order valence-electron chi connectivity index (χ4n) is 3.35. The van der Waals surface area contributed by atoms with E-state index in [1.807, 2.05) is 0 Å². The lowest BCUT2D eigenvalue weighted by molar-refractivity contribution is 0.0489. The first kappa shape index (κ1) is 18.7. The molecule has 0 spiro atoms. The van der Waals surface area contributed by atoms with Gasteiger partial charge < -0.3 is 4.74 Å². The summed E-state index contributed by atoms with van der Waals surface area (Å²) >= 11 is 0. The Kier molecular flexibility index (Phi) is 11.9. The number of unbranched alkanes of at least 4 members (excludes halogenated alkanes) is 6. The minimum absolute atomic E-state index is 0.508. The molecule has 0 saturated carbocycles. The molecule has 0 aromatic carbocycles. The van der Waals surface area contributed by atoms with E-state index in [2.05, 4.69) is 19.9 Å². The first-order valence-electron chi connectivity index (χ1n) is 9.66. The Morgan fingerprint density at radius 2 is 1.71 bits per heavy atom. The number of rotatable bonds is 13. The van der Waals surface area contributed by atoms with E-state index in [0.29, 0.717) is 6.10 Å². The zero-order valence-corrected chi connectivity index (χ0v) is 14.7. The Labute approximate surface area is 133 Å². The number of allylic oxidation sites excluding steroid dienone is 2. The van der Waals surface area contributed by atoms with Gasteiger partial charge in [-0.15, -0.1) is 0 Å². The van der Waals surface area contributed by atoms with Crippen molar-refractivity contribution in [2.75, 3.05) is 6.61 Å². The molecule has 0 aliphatic heterocycles. The minimum Gasteiger partial charge on any atom is -0.378 e. The van der Waals surface area contributed by atoms with Crippen molar-refractivity contribution in [2.45, 2.75) is 110 Å². The fourth-order valence-corrected chi connectivity index (χ4v) is 3.35. The van der Waals surface area contributed by atoms with Gasteiger partial charge in [0, 0.05) is 6.61 Å². The molecule has 0 radical (unpaired) electrons. The van der Waals surface area contributed by atoms with Gasteiger partial charge in [-0.1, -0.05) is 63.5 Å². The zero-order valence-electron chi connectivity index (χ0n) is 14.7. The second kappa shape index (κ2) is 13.4. The van der Waals surface area contributed by atoms with E-state index in [9.17, 15) is 0 Å². The summed E-state index contributed by atoms with van der Waals surface area (Å²) in [4.78, 5) is 0. The molecule has 1 atom stereocenters. The largest absolute Gasteiger partial charge is 0.378 e. The maximum absolute atomic E-state index is 5.95. The van der Waals surface area contributed by atoms with Gasteiger partial charge in [0.2, 0.25) is 0 Å². The van der Waals surface area contributed by atoms with Crippen molar-refractivity contribution in [3.63, 3.8) is 0 Å². The Balaban J connectivity index is 2.07. The maximum atomic E-state index is 5.95. The molecule has 0 aromatic rings. The third-order valence-corrected chi connectivity index (χ3v) is 4.70. The molecular formula is C20H38O. The standard InChI is InChI=1S/C20H38O/c1-3-5-6-7-8-9-13-16-20(21-4-2)18-17-19-14-11-10-12-15-19/h14,20H,3-13,15-18H2,1-2H3. The normalized spacial score (nSPS) is 16.8. The van der Waals surface area contributed by atoms with E-state index < -0.39 is 0 Å². The molecular weight excluding hydrogens is 256 g/mol. The molecule has 0 N–H and O–H groups in total. The van der Waals surface area contributed by atoms with Crippen LogP contribution in [-0.2, 0) is 4.74 Å². The molecule has 0 heterocycles. The van der Waals surface area contributed by atoms with Gasteiger partial charge in [-0.2, -0.15) is 0 Å². The van der Waals surface area contributed by atoms with Crippen molar-refractivity contribution in [3.8, 4) is 0 Å². The molecule has 1 nitrogen and oxygen atoms in total. The molecule has 0 aromatic heterocycles. The Hall–Kier alpha value is -0.300. The van der Waals surface area contributed by atoms with E-state index in [4.69, 9.17) is 4.74 Å². The van der Waals surface area contributed by atoms with Gasteiger partial charge in [0.15, 0.2) is 0 Å². The van der Waals surface area contributed by atoms with Crippen molar-refractivity contribution in [3.05, 3.63) is 11.6 Å². The van der Waals surface area contributed by atoms with Gasteiger partial charge >= 0.3 is 0 Å². The molecule has 21 heavy (non-hydrogen) atoms. The van der Waals surface area contributed by atoms with E-state index >= 15 is 0 Å². The van der Waals surface area contributed by atoms with Crippen LogP contribution in [0.15, 0.2) is 11.6 Å². The first-order chi connectivity index (χ1) is 10.4. The van der Waals surface area contributed by atoms with Gasteiger partial charge in [-0.25, -0.2) is 0 Å².